The molecule has 0 amide bonds. The normalized spacial score (nSPS) is 13.1. The van der Waals surface area contributed by atoms with E-state index >= 15 is 0 Å². The fourth-order valence-corrected chi connectivity index (χ4v) is 7.15. The first kappa shape index (κ1) is 57.8. The maximum Gasteiger partial charge on any atom is 2.00 e. The van der Waals surface area contributed by atoms with E-state index in [9.17, 15) is 30.0 Å². The summed E-state index contributed by atoms with van der Waals surface area (Å²) in [4.78, 5) is 22.5. The predicted octanol–water partition coefficient (Wildman–Crippen LogP) is 9.95. The zero-order valence-electron chi connectivity index (χ0n) is 37.3. The van der Waals surface area contributed by atoms with E-state index in [1.807, 2.05) is 60.7 Å². The third kappa shape index (κ3) is 36.0. The van der Waals surface area contributed by atoms with Crippen LogP contribution in [0.2, 0.25) is 0 Å². The summed E-state index contributed by atoms with van der Waals surface area (Å²) in [6.07, 6.45) is 28.3. The molecule has 9 heteroatoms. The number of benzene rings is 2. The molecule has 0 fully saturated rings. The van der Waals surface area contributed by atoms with Crippen LogP contribution in [0.3, 0.4) is 0 Å². The number of hydrogen-bond acceptors (Lipinski definition) is 8. The fourth-order valence-electron chi connectivity index (χ4n) is 7.15. The van der Waals surface area contributed by atoms with Crippen molar-refractivity contribution in [3.8, 4) is 0 Å². The Labute approximate surface area is 400 Å². The van der Waals surface area contributed by atoms with Crippen molar-refractivity contribution in [2.24, 2.45) is 0 Å². The number of rotatable bonds is 38. The molecule has 8 nitrogen and oxygen atoms in total. The second kappa shape index (κ2) is 42.1. The maximum absolute atomic E-state index is 11.3. The Morgan fingerprint density at radius 1 is 0.441 bits per heavy atom. The predicted molar refractivity (Wildman–Crippen MR) is 238 cm³/mol. The topological polar surface area (TPSA) is 139 Å². The Kier molecular flexibility index (Phi) is 41.2. The van der Waals surface area contributed by atoms with E-state index in [1.54, 1.807) is 0 Å². The van der Waals surface area contributed by atoms with Gasteiger partial charge in [-0.15, -0.1) is 0 Å². The molecule has 0 aliphatic carbocycles. The first-order chi connectivity index (χ1) is 28.3. The van der Waals surface area contributed by atoms with Crippen molar-refractivity contribution in [1.29, 1.82) is 0 Å². The van der Waals surface area contributed by atoms with Crippen LogP contribution >= 0.6 is 0 Å². The number of carboxylic acids is 2. The van der Waals surface area contributed by atoms with Gasteiger partial charge in [0.2, 0.25) is 0 Å². The number of carbonyl (C=O) groups excluding carboxylic acids is 2. The number of aliphatic hydroxyl groups is 2. The van der Waals surface area contributed by atoms with E-state index in [1.165, 1.54) is 116 Å². The van der Waals surface area contributed by atoms with Crippen molar-refractivity contribution >= 4 is 60.8 Å². The fraction of sp³-hybridized carbons (Fsp3) is 0.720. The average Bonchev–Trinajstić information content (AvgIpc) is 3.22. The molecule has 2 aromatic carbocycles. The third-order valence-electron chi connectivity index (χ3n) is 10.9. The van der Waals surface area contributed by atoms with Gasteiger partial charge in [-0.05, 0) is 49.7 Å². The molecule has 59 heavy (non-hydrogen) atoms. The van der Waals surface area contributed by atoms with Gasteiger partial charge in [0.25, 0.3) is 0 Å². The van der Waals surface area contributed by atoms with Crippen molar-refractivity contribution < 1.29 is 39.5 Å². The number of carbonyl (C=O) groups is 2. The quantitative estimate of drug-likeness (QED) is 0.0501. The van der Waals surface area contributed by atoms with Crippen LogP contribution in [0, 0.1) is 0 Å². The van der Waals surface area contributed by atoms with Gasteiger partial charge in [0.1, 0.15) is 0 Å². The van der Waals surface area contributed by atoms with E-state index in [2.05, 4.69) is 13.8 Å². The van der Waals surface area contributed by atoms with Crippen LogP contribution in [0.4, 0.5) is 0 Å². The molecule has 2 aromatic rings. The van der Waals surface area contributed by atoms with Gasteiger partial charge in [0, 0.05) is 0 Å². The summed E-state index contributed by atoms with van der Waals surface area (Å²) in [5.41, 5.74) is 1.86. The first-order valence-electron chi connectivity index (χ1n) is 23.4. The van der Waals surface area contributed by atoms with Gasteiger partial charge in [-0.2, -0.15) is 0 Å². The van der Waals surface area contributed by atoms with Gasteiger partial charge in [-0.1, -0.05) is 216 Å². The van der Waals surface area contributed by atoms with Crippen molar-refractivity contribution in [2.75, 3.05) is 0 Å². The Bertz CT molecular complexity index is 1110. The summed E-state index contributed by atoms with van der Waals surface area (Å²) in [6, 6.07) is 19.0. The van der Waals surface area contributed by atoms with Crippen LogP contribution < -0.4 is 10.2 Å². The average molecular weight is 949 g/mol. The smallest absolute Gasteiger partial charge is 0.547 e. The molecule has 4 atom stereocenters. The maximum atomic E-state index is 11.3. The van der Waals surface area contributed by atoms with Crippen LogP contribution in [0.25, 0.3) is 0 Å². The molecular weight excluding hydrogens is 866 g/mol. The standard InChI is InChI=1S/2C25H42O4.Ba/c2*1-2-3-4-5-6-7-8-9-10-11-15-18-23(26)19-20-24(25(27)28)29-21-22-16-13-12-14-17-22;/h2*12-14,16-17,23-24,26H,2-11,15,18-21H2,1H3,(H,27,28);/q;;+2/p-2. The van der Waals surface area contributed by atoms with Gasteiger partial charge in [-0.25, -0.2) is 0 Å². The molecule has 2 rings (SSSR count). The van der Waals surface area contributed by atoms with Crippen LogP contribution in [0.5, 0.6) is 0 Å². The summed E-state index contributed by atoms with van der Waals surface area (Å²) in [5, 5.41) is 42.8. The van der Waals surface area contributed by atoms with E-state index in [0.29, 0.717) is 12.8 Å². The summed E-state index contributed by atoms with van der Waals surface area (Å²) in [7, 11) is 0. The largest absolute Gasteiger partial charge is 2.00 e. The van der Waals surface area contributed by atoms with E-state index in [0.717, 1.165) is 49.7 Å². The van der Waals surface area contributed by atoms with E-state index in [4.69, 9.17) is 9.47 Å². The molecule has 0 aliphatic heterocycles. The molecule has 0 spiro atoms. The molecule has 0 saturated heterocycles. The minimum atomic E-state index is -1.21. The Hall–Kier alpha value is -1.21. The zero-order chi connectivity index (χ0) is 42.3. The number of unbranched alkanes of at least 4 members (excludes halogenated alkanes) is 20. The van der Waals surface area contributed by atoms with Gasteiger partial charge in [0.15, 0.2) is 0 Å². The number of aliphatic carboxylic acids is 2. The Morgan fingerprint density at radius 3 is 0.983 bits per heavy atom. The summed E-state index contributed by atoms with van der Waals surface area (Å²) in [5.74, 6) is -2.41. The third-order valence-corrected chi connectivity index (χ3v) is 10.9. The van der Waals surface area contributed by atoms with Crippen LogP contribution in [-0.2, 0) is 32.3 Å². The number of ether oxygens (including phenoxy) is 2. The van der Waals surface area contributed by atoms with Crippen LogP contribution in [-0.4, -0.2) is 95.4 Å². The van der Waals surface area contributed by atoms with Crippen molar-refractivity contribution in [3.05, 3.63) is 71.8 Å². The first-order valence-corrected chi connectivity index (χ1v) is 23.4. The number of aliphatic hydroxyl groups excluding tert-OH is 2. The van der Waals surface area contributed by atoms with Crippen LogP contribution in [0.1, 0.15) is 205 Å². The molecule has 0 aliphatic rings. The molecule has 0 saturated carbocycles. The molecule has 4 unspecified atom stereocenters. The second-order valence-electron chi connectivity index (χ2n) is 16.3. The van der Waals surface area contributed by atoms with E-state index in [-0.39, 0.29) is 74.9 Å². The molecule has 0 radical (unpaired) electrons. The van der Waals surface area contributed by atoms with Crippen LogP contribution in [0.15, 0.2) is 60.7 Å². The number of carboxylic acid groups (broad SMARTS) is 2. The van der Waals surface area contributed by atoms with Gasteiger partial charge in [-0.3, -0.25) is 0 Å². The molecule has 0 aromatic heterocycles. The molecule has 332 valence electrons. The van der Waals surface area contributed by atoms with Gasteiger partial charge < -0.3 is 39.5 Å². The van der Waals surface area contributed by atoms with Crippen molar-refractivity contribution in [2.45, 2.75) is 231 Å². The Morgan fingerprint density at radius 2 is 0.712 bits per heavy atom. The zero-order valence-corrected chi connectivity index (χ0v) is 41.8. The minimum absolute atomic E-state index is 0. The summed E-state index contributed by atoms with van der Waals surface area (Å²) >= 11 is 0. The SMILES string of the molecule is CCCCCCCCCCCCCC(O)CCC(OCc1ccccc1)C(=O)[O-].CCCCCCCCCCCCCC(O)CCC(OCc1ccccc1)C(=O)[O-].[Ba+2]. The second-order valence-corrected chi connectivity index (χ2v) is 16.3. The summed E-state index contributed by atoms with van der Waals surface area (Å²) < 4.78 is 11.0. The summed E-state index contributed by atoms with van der Waals surface area (Å²) in [6.45, 7) is 4.99. The number of hydrogen-bond donors (Lipinski definition) is 2. The monoisotopic (exact) mass is 949 g/mol. The van der Waals surface area contributed by atoms with Crippen molar-refractivity contribution in [3.63, 3.8) is 0 Å². The van der Waals surface area contributed by atoms with Gasteiger partial charge >= 0.3 is 48.9 Å². The Balaban J connectivity index is 0.00000112. The van der Waals surface area contributed by atoms with Crippen molar-refractivity contribution in [1.82, 2.24) is 0 Å². The molecule has 2 N–H and O–H groups in total. The van der Waals surface area contributed by atoms with Gasteiger partial charge in [0.05, 0.1) is 49.6 Å². The molecule has 0 bridgehead atoms. The minimum Gasteiger partial charge on any atom is -0.547 e. The van der Waals surface area contributed by atoms with E-state index < -0.39 is 36.4 Å². The molecule has 0 heterocycles. The molecular formula is C50H82BaO8.